The second-order valence-corrected chi connectivity index (χ2v) is 5.89. The zero-order chi connectivity index (χ0) is 14.0. The number of halogens is 2. The molecule has 0 amide bonds. The molecule has 10 heteroatoms. The molecule has 0 fully saturated rings. The van der Waals surface area contributed by atoms with Crippen molar-refractivity contribution >= 4 is 37.6 Å². The van der Waals surface area contributed by atoms with Crippen LogP contribution in [0.15, 0.2) is 33.9 Å². The van der Waals surface area contributed by atoms with Gasteiger partial charge in [0, 0.05) is 5.69 Å². The monoisotopic (exact) mass is 347 g/mol. The van der Waals surface area contributed by atoms with Gasteiger partial charge in [0.2, 0.25) is 0 Å². The Hall–Kier alpha value is -1.81. The van der Waals surface area contributed by atoms with Crippen LogP contribution in [0, 0.1) is 5.82 Å². The number of hydrogen-bond donors (Lipinski definition) is 2. The van der Waals surface area contributed by atoms with Crippen molar-refractivity contribution in [1.29, 1.82) is 0 Å². The van der Waals surface area contributed by atoms with E-state index in [4.69, 9.17) is 5.73 Å². The van der Waals surface area contributed by atoms with Gasteiger partial charge in [-0.3, -0.25) is 0 Å². The van der Waals surface area contributed by atoms with E-state index in [1.54, 1.807) is 0 Å². The SMILES string of the molecule is Nc1cc(Br)c(F)c(S(=O)(=O)Nc2nccnn2)c1. The topological polar surface area (TPSA) is 111 Å². The highest BCUT2D eigenvalue weighted by molar-refractivity contribution is 9.10. The summed E-state index contributed by atoms with van der Waals surface area (Å²) >= 11 is 2.88. The number of sulfonamides is 1. The van der Waals surface area contributed by atoms with Crippen molar-refractivity contribution < 1.29 is 12.8 Å². The number of nitrogens with zero attached hydrogens (tertiary/aromatic N) is 3. The number of anilines is 2. The Bertz CT molecular complexity index is 710. The maximum atomic E-state index is 13.8. The highest BCUT2D eigenvalue weighted by atomic mass is 79.9. The maximum Gasteiger partial charge on any atom is 0.267 e. The van der Waals surface area contributed by atoms with E-state index in [2.05, 4.69) is 31.1 Å². The molecular formula is C9H7BrFN5O2S. The van der Waals surface area contributed by atoms with Crippen molar-refractivity contribution in [2.75, 3.05) is 10.5 Å². The van der Waals surface area contributed by atoms with E-state index >= 15 is 0 Å². The van der Waals surface area contributed by atoms with Crippen LogP contribution in [0.5, 0.6) is 0 Å². The molecule has 0 radical (unpaired) electrons. The normalized spacial score (nSPS) is 11.3. The van der Waals surface area contributed by atoms with Gasteiger partial charge in [-0.05, 0) is 28.1 Å². The third-order valence-electron chi connectivity index (χ3n) is 2.01. The summed E-state index contributed by atoms with van der Waals surface area (Å²) in [5.41, 5.74) is 5.58. The summed E-state index contributed by atoms with van der Waals surface area (Å²) in [4.78, 5) is 3.03. The smallest absolute Gasteiger partial charge is 0.267 e. The molecule has 0 aliphatic rings. The lowest BCUT2D eigenvalue weighted by Gasteiger charge is -2.08. The Balaban J connectivity index is 2.46. The van der Waals surface area contributed by atoms with E-state index < -0.39 is 20.7 Å². The summed E-state index contributed by atoms with van der Waals surface area (Å²) < 4.78 is 39.7. The Labute approximate surface area is 116 Å². The van der Waals surface area contributed by atoms with Crippen LogP contribution in [0.1, 0.15) is 0 Å². The number of benzene rings is 1. The molecular weight excluding hydrogens is 341 g/mol. The number of nitrogen functional groups attached to an aromatic ring is 1. The first kappa shape index (κ1) is 13.6. The lowest BCUT2D eigenvalue weighted by Crippen LogP contribution is -2.17. The molecule has 1 aromatic carbocycles. The largest absolute Gasteiger partial charge is 0.399 e. The number of nitrogens with two attached hydrogens (primary N) is 1. The molecule has 0 saturated heterocycles. The van der Waals surface area contributed by atoms with Gasteiger partial charge in [-0.2, -0.15) is 5.10 Å². The highest BCUT2D eigenvalue weighted by Gasteiger charge is 2.22. The molecule has 1 heterocycles. The van der Waals surface area contributed by atoms with E-state index in [0.29, 0.717) is 0 Å². The summed E-state index contributed by atoms with van der Waals surface area (Å²) in [5, 5.41) is 6.90. The highest BCUT2D eigenvalue weighted by Crippen LogP contribution is 2.26. The first-order chi connectivity index (χ1) is 8.90. The molecule has 0 bridgehead atoms. The van der Waals surface area contributed by atoms with Gasteiger partial charge in [0.1, 0.15) is 4.90 Å². The van der Waals surface area contributed by atoms with Crippen LogP contribution in [0.4, 0.5) is 16.0 Å². The Kier molecular flexibility index (Phi) is 3.62. The molecule has 0 atom stereocenters. The minimum Gasteiger partial charge on any atom is -0.399 e. The molecule has 2 aromatic rings. The molecule has 0 aliphatic heterocycles. The maximum absolute atomic E-state index is 13.8. The number of nitrogens with one attached hydrogen (secondary N) is 1. The lowest BCUT2D eigenvalue weighted by molar-refractivity contribution is 0.566. The molecule has 0 aliphatic carbocycles. The van der Waals surface area contributed by atoms with Crippen LogP contribution in [-0.4, -0.2) is 23.6 Å². The minimum atomic E-state index is -4.19. The molecule has 7 nitrogen and oxygen atoms in total. The van der Waals surface area contributed by atoms with Gasteiger partial charge in [-0.25, -0.2) is 22.5 Å². The van der Waals surface area contributed by atoms with Crippen LogP contribution in [0.2, 0.25) is 0 Å². The predicted molar refractivity (Wildman–Crippen MR) is 69.1 cm³/mol. The third kappa shape index (κ3) is 2.96. The van der Waals surface area contributed by atoms with Gasteiger partial charge < -0.3 is 5.73 Å². The Morgan fingerprint density at radius 2 is 2.05 bits per heavy atom. The fourth-order valence-electron chi connectivity index (χ4n) is 1.25. The van der Waals surface area contributed by atoms with E-state index in [1.807, 2.05) is 4.72 Å². The van der Waals surface area contributed by atoms with Gasteiger partial charge in [0.15, 0.2) is 5.82 Å². The molecule has 0 saturated carbocycles. The van der Waals surface area contributed by atoms with Crippen LogP contribution in [0.3, 0.4) is 0 Å². The van der Waals surface area contributed by atoms with E-state index in [0.717, 1.165) is 6.07 Å². The van der Waals surface area contributed by atoms with Gasteiger partial charge >= 0.3 is 0 Å². The Morgan fingerprint density at radius 1 is 1.32 bits per heavy atom. The standard InChI is InChI=1S/C9H7BrFN5O2S/c10-6-3-5(12)4-7(8(6)11)19(17,18)16-9-13-1-2-14-15-9/h1-4H,12H2,(H,13,15,16). The van der Waals surface area contributed by atoms with Gasteiger partial charge in [-0.15, -0.1) is 5.10 Å². The average Bonchev–Trinajstić information content (AvgIpc) is 2.34. The molecule has 3 N–H and O–H groups in total. The zero-order valence-electron chi connectivity index (χ0n) is 9.21. The van der Waals surface area contributed by atoms with Crippen LogP contribution in [-0.2, 0) is 10.0 Å². The van der Waals surface area contributed by atoms with Gasteiger partial charge in [-0.1, -0.05) is 0 Å². The zero-order valence-corrected chi connectivity index (χ0v) is 11.6. The molecule has 19 heavy (non-hydrogen) atoms. The van der Waals surface area contributed by atoms with Crippen molar-refractivity contribution in [3.8, 4) is 0 Å². The summed E-state index contributed by atoms with van der Waals surface area (Å²) in [6.45, 7) is 0. The van der Waals surface area contributed by atoms with Crippen molar-refractivity contribution in [2.24, 2.45) is 0 Å². The fourth-order valence-corrected chi connectivity index (χ4v) is 2.94. The summed E-state index contributed by atoms with van der Waals surface area (Å²) in [6, 6.07) is 2.26. The minimum absolute atomic E-state index is 0.0556. The summed E-state index contributed by atoms with van der Waals surface area (Å²) in [7, 11) is -4.19. The number of rotatable bonds is 3. The first-order valence-corrected chi connectivity index (χ1v) is 7.09. The second-order valence-electron chi connectivity index (χ2n) is 3.39. The summed E-state index contributed by atoms with van der Waals surface area (Å²) in [5.74, 6) is -1.22. The molecule has 2 rings (SSSR count). The second kappa shape index (κ2) is 5.05. The van der Waals surface area contributed by atoms with Crippen LogP contribution in [0.25, 0.3) is 0 Å². The molecule has 0 spiro atoms. The van der Waals surface area contributed by atoms with Gasteiger partial charge in [0.25, 0.3) is 16.0 Å². The molecule has 100 valence electrons. The fraction of sp³-hybridized carbons (Fsp3) is 0. The van der Waals surface area contributed by atoms with Crippen molar-refractivity contribution in [3.05, 3.63) is 34.8 Å². The summed E-state index contributed by atoms with van der Waals surface area (Å²) in [6.07, 6.45) is 2.52. The number of aromatic nitrogens is 3. The molecule has 0 unspecified atom stereocenters. The van der Waals surface area contributed by atoms with Crippen molar-refractivity contribution in [3.63, 3.8) is 0 Å². The Morgan fingerprint density at radius 3 is 2.68 bits per heavy atom. The number of hydrogen-bond acceptors (Lipinski definition) is 6. The van der Waals surface area contributed by atoms with Crippen LogP contribution < -0.4 is 10.5 Å². The average molecular weight is 348 g/mol. The van der Waals surface area contributed by atoms with Gasteiger partial charge in [0.05, 0.1) is 16.9 Å². The molecule has 1 aromatic heterocycles. The predicted octanol–water partition coefficient (Wildman–Crippen LogP) is 1.16. The van der Waals surface area contributed by atoms with E-state index in [-0.39, 0.29) is 16.1 Å². The third-order valence-corrected chi connectivity index (χ3v) is 3.92. The van der Waals surface area contributed by atoms with Crippen molar-refractivity contribution in [1.82, 2.24) is 15.2 Å². The van der Waals surface area contributed by atoms with E-state index in [9.17, 15) is 12.8 Å². The van der Waals surface area contributed by atoms with E-state index in [1.165, 1.54) is 18.5 Å². The van der Waals surface area contributed by atoms with Crippen molar-refractivity contribution in [2.45, 2.75) is 4.90 Å². The van der Waals surface area contributed by atoms with Crippen LogP contribution >= 0.6 is 15.9 Å². The lowest BCUT2D eigenvalue weighted by atomic mass is 10.3. The first-order valence-electron chi connectivity index (χ1n) is 4.81. The quantitative estimate of drug-likeness (QED) is 0.805.